The highest BCUT2D eigenvalue weighted by atomic mass is 15.3. The van der Waals surface area contributed by atoms with Gasteiger partial charge >= 0.3 is 0 Å². The molecule has 1 aromatic heterocycles. The highest BCUT2D eigenvalue weighted by Gasteiger charge is 1.91. The number of nitrogens with zero attached hydrogens (tertiary/aromatic N) is 4. The molecule has 0 saturated carbocycles. The summed E-state index contributed by atoms with van der Waals surface area (Å²) in [6.45, 7) is 0. The van der Waals surface area contributed by atoms with E-state index in [1.165, 1.54) is 6.21 Å². The van der Waals surface area contributed by atoms with Crippen LogP contribution < -0.4 is 11.5 Å². The molecule has 0 aliphatic heterocycles. The molecule has 0 aliphatic rings. The van der Waals surface area contributed by atoms with E-state index >= 15 is 0 Å². The van der Waals surface area contributed by atoms with Crippen LogP contribution in [0.3, 0.4) is 0 Å². The first kappa shape index (κ1) is 8.25. The van der Waals surface area contributed by atoms with Crippen LogP contribution in [0.4, 0.5) is 0 Å². The zero-order valence-corrected chi connectivity index (χ0v) is 6.68. The highest BCUT2D eigenvalue weighted by molar-refractivity contribution is 5.78. The molecule has 4 N–H and O–H groups in total. The van der Waals surface area contributed by atoms with Crippen LogP contribution in [0.5, 0.6) is 0 Å². The second kappa shape index (κ2) is 3.51. The van der Waals surface area contributed by atoms with Crippen molar-refractivity contribution in [2.75, 3.05) is 0 Å². The summed E-state index contributed by atoms with van der Waals surface area (Å²) in [5.74, 6) is 0.625. The predicted molar refractivity (Wildman–Crippen MR) is 46.6 cm³/mol. The van der Waals surface area contributed by atoms with Gasteiger partial charge < -0.3 is 16.0 Å². The van der Waals surface area contributed by atoms with Crippen molar-refractivity contribution in [3.8, 4) is 0 Å². The molecule has 0 amide bonds. The van der Waals surface area contributed by atoms with Gasteiger partial charge in [0.05, 0.1) is 6.21 Å². The third-order valence-electron chi connectivity index (χ3n) is 1.20. The smallest absolute Gasteiger partial charge is 0.211 e. The van der Waals surface area contributed by atoms with Crippen molar-refractivity contribution in [3.63, 3.8) is 0 Å². The molecule has 1 heterocycles. The predicted octanol–water partition coefficient (Wildman–Crippen LogP) is -0.973. The Kier molecular flexibility index (Phi) is 2.42. The van der Waals surface area contributed by atoms with E-state index in [1.807, 2.05) is 7.05 Å². The van der Waals surface area contributed by atoms with Gasteiger partial charge in [-0.3, -0.25) is 0 Å². The van der Waals surface area contributed by atoms with Crippen LogP contribution in [-0.2, 0) is 7.05 Å². The Morgan fingerprint density at radius 1 is 1.67 bits per heavy atom. The molecule has 1 rings (SSSR count). The van der Waals surface area contributed by atoms with Gasteiger partial charge in [-0.15, -0.1) is 5.10 Å². The molecule has 0 unspecified atom stereocenters. The van der Waals surface area contributed by atoms with Gasteiger partial charge in [-0.05, 0) is 0 Å². The Morgan fingerprint density at radius 2 is 2.42 bits per heavy atom. The minimum atomic E-state index is -0.0690. The quantitative estimate of drug-likeness (QED) is 0.336. The Balaban J connectivity index is 2.70. The fourth-order valence-corrected chi connectivity index (χ4v) is 0.649. The standard InChI is InChI=1S/C6H10N6/c1-12-3-2-9-5(12)4-10-11-6(7)8/h2-4H,1H3,(H4,7,8,11)/b10-4+. The lowest BCUT2D eigenvalue weighted by Gasteiger charge is -1.90. The average Bonchev–Trinajstić information content (AvgIpc) is 2.36. The minimum Gasteiger partial charge on any atom is -0.369 e. The van der Waals surface area contributed by atoms with Crippen molar-refractivity contribution in [3.05, 3.63) is 18.2 Å². The minimum absolute atomic E-state index is 0.0690. The van der Waals surface area contributed by atoms with Crippen molar-refractivity contribution in [1.82, 2.24) is 9.55 Å². The Morgan fingerprint density at radius 3 is 2.92 bits per heavy atom. The summed E-state index contributed by atoms with van der Waals surface area (Å²) in [7, 11) is 1.85. The van der Waals surface area contributed by atoms with Crippen molar-refractivity contribution in [2.24, 2.45) is 28.7 Å². The summed E-state index contributed by atoms with van der Waals surface area (Å²) in [5.41, 5.74) is 10.1. The molecule has 0 aliphatic carbocycles. The van der Waals surface area contributed by atoms with Gasteiger partial charge in [0, 0.05) is 19.4 Å². The van der Waals surface area contributed by atoms with E-state index in [2.05, 4.69) is 15.2 Å². The number of imidazole rings is 1. The van der Waals surface area contributed by atoms with Crippen LogP contribution in [0.1, 0.15) is 5.82 Å². The summed E-state index contributed by atoms with van der Waals surface area (Å²) in [5, 5.41) is 7.03. The molecule has 0 radical (unpaired) electrons. The lowest BCUT2D eigenvalue weighted by molar-refractivity contribution is 0.900. The maximum atomic E-state index is 5.06. The first-order valence-electron chi connectivity index (χ1n) is 3.29. The summed E-state index contributed by atoms with van der Waals surface area (Å²) in [4.78, 5) is 3.98. The first-order chi connectivity index (χ1) is 5.70. The van der Waals surface area contributed by atoms with Crippen LogP contribution >= 0.6 is 0 Å². The van der Waals surface area contributed by atoms with E-state index in [4.69, 9.17) is 11.5 Å². The number of aromatic nitrogens is 2. The molecule has 0 fully saturated rings. The zero-order chi connectivity index (χ0) is 8.97. The molecule has 0 saturated heterocycles. The maximum absolute atomic E-state index is 5.06. The van der Waals surface area contributed by atoms with E-state index in [0.717, 1.165) is 0 Å². The molecule has 64 valence electrons. The van der Waals surface area contributed by atoms with Crippen LogP contribution in [-0.4, -0.2) is 21.7 Å². The second-order valence-corrected chi connectivity index (χ2v) is 2.17. The van der Waals surface area contributed by atoms with Gasteiger partial charge in [-0.25, -0.2) is 4.98 Å². The third kappa shape index (κ3) is 2.08. The number of nitrogens with two attached hydrogens (primary N) is 2. The second-order valence-electron chi connectivity index (χ2n) is 2.17. The van der Waals surface area contributed by atoms with Crippen LogP contribution in [0.25, 0.3) is 0 Å². The molecule has 0 atom stereocenters. The fraction of sp³-hybridized carbons (Fsp3) is 0.167. The van der Waals surface area contributed by atoms with Gasteiger partial charge in [0.25, 0.3) is 0 Å². The Labute approximate surface area is 69.6 Å². The Hall–Kier alpha value is -1.85. The summed E-state index contributed by atoms with van der Waals surface area (Å²) >= 11 is 0. The number of hydrogen-bond donors (Lipinski definition) is 2. The van der Waals surface area contributed by atoms with E-state index in [1.54, 1.807) is 17.0 Å². The summed E-state index contributed by atoms with van der Waals surface area (Å²) < 4.78 is 1.80. The van der Waals surface area contributed by atoms with Crippen molar-refractivity contribution in [1.29, 1.82) is 0 Å². The lowest BCUT2D eigenvalue weighted by Crippen LogP contribution is -2.21. The number of rotatable bonds is 2. The molecule has 0 bridgehead atoms. The SMILES string of the molecule is Cn1ccnc1/C=N/N=C(N)N. The van der Waals surface area contributed by atoms with Gasteiger partial charge in [-0.2, -0.15) is 5.10 Å². The van der Waals surface area contributed by atoms with Gasteiger partial charge in [-0.1, -0.05) is 0 Å². The van der Waals surface area contributed by atoms with E-state index in [9.17, 15) is 0 Å². The zero-order valence-electron chi connectivity index (χ0n) is 6.68. The van der Waals surface area contributed by atoms with Gasteiger partial charge in [0.2, 0.25) is 5.96 Å². The molecule has 1 aromatic rings. The summed E-state index contributed by atoms with van der Waals surface area (Å²) in [6.07, 6.45) is 4.94. The first-order valence-corrected chi connectivity index (χ1v) is 3.29. The third-order valence-corrected chi connectivity index (χ3v) is 1.20. The van der Waals surface area contributed by atoms with Crippen LogP contribution in [0.15, 0.2) is 22.6 Å². The van der Waals surface area contributed by atoms with Gasteiger partial charge in [0.15, 0.2) is 5.82 Å². The monoisotopic (exact) mass is 166 g/mol. The molecule has 0 aromatic carbocycles. The molecule has 0 spiro atoms. The summed E-state index contributed by atoms with van der Waals surface area (Å²) in [6, 6.07) is 0. The lowest BCUT2D eigenvalue weighted by atomic mass is 10.7. The largest absolute Gasteiger partial charge is 0.369 e. The Bertz CT molecular complexity index is 306. The topological polar surface area (TPSA) is 94.6 Å². The number of hydrogen-bond acceptors (Lipinski definition) is 3. The van der Waals surface area contributed by atoms with E-state index in [0.29, 0.717) is 5.82 Å². The fourth-order valence-electron chi connectivity index (χ4n) is 0.649. The molecular formula is C6H10N6. The molecule has 12 heavy (non-hydrogen) atoms. The molecule has 6 nitrogen and oxygen atoms in total. The highest BCUT2D eigenvalue weighted by Crippen LogP contribution is 1.88. The average molecular weight is 166 g/mol. The van der Waals surface area contributed by atoms with Crippen LogP contribution in [0, 0.1) is 0 Å². The normalized spacial score (nSPS) is 10.4. The molecule has 6 heteroatoms. The van der Waals surface area contributed by atoms with Crippen molar-refractivity contribution >= 4 is 12.2 Å². The number of aryl methyl sites for hydroxylation is 1. The van der Waals surface area contributed by atoms with E-state index < -0.39 is 0 Å². The van der Waals surface area contributed by atoms with Gasteiger partial charge in [0.1, 0.15) is 0 Å². The van der Waals surface area contributed by atoms with Crippen molar-refractivity contribution < 1.29 is 0 Å². The maximum Gasteiger partial charge on any atom is 0.211 e. The van der Waals surface area contributed by atoms with Crippen LogP contribution in [0.2, 0.25) is 0 Å². The van der Waals surface area contributed by atoms with E-state index in [-0.39, 0.29) is 5.96 Å². The molecular weight excluding hydrogens is 156 g/mol. The number of guanidine groups is 1. The van der Waals surface area contributed by atoms with Crippen molar-refractivity contribution in [2.45, 2.75) is 0 Å².